The zero-order chi connectivity index (χ0) is 20.2. The van der Waals surface area contributed by atoms with Crippen LogP contribution in [0.25, 0.3) is 11.3 Å². The molecule has 8 heteroatoms. The molecular formula is C21H15BrN4O2S. The third-order valence-electron chi connectivity index (χ3n) is 3.98. The van der Waals surface area contributed by atoms with Gasteiger partial charge in [0.2, 0.25) is 11.0 Å². The molecule has 0 saturated heterocycles. The quantitative estimate of drug-likeness (QED) is 0.385. The van der Waals surface area contributed by atoms with Crippen molar-refractivity contribution in [2.24, 2.45) is 5.73 Å². The van der Waals surface area contributed by atoms with Gasteiger partial charge in [0.15, 0.2) is 3.92 Å². The number of carbonyl (C=O) groups excluding carboxylic acids is 1. The lowest BCUT2D eigenvalue weighted by Gasteiger charge is -2.09. The molecule has 144 valence electrons. The van der Waals surface area contributed by atoms with E-state index < -0.39 is 5.91 Å². The molecule has 6 nitrogen and oxygen atoms in total. The summed E-state index contributed by atoms with van der Waals surface area (Å²) in [5.74, 6) is 0.707. The Morgan fingerprint density at radius 2 is 1.90 bits per heavy atom. The first-order chi connectivity index (χ1) is 14.1. The number of benzene rings is 2. The van der Waals surface area contributed by atoms with E-state index in [2.05, 4.69) is 31.2 Å². The molecule has 4 aromatic rings. The maximum Gasteiger partial charge on any atom is 0.248 e. The van der Waals surface area contributed by atoms with E-state index in [0.29, 0.717) is 27.9 Å². The first kappa shape index (κ1) is 19.1. The molecule has 2 aromatic heterocycles. The third-order valence-corrected chi connectivity index (χ3v) is 5.36. The van der Waals surface area contributed by atoms with Gasteiger partial charge < -0.3 is 15.8 Å². The highest BCUT2D eigenvalue weighted by molar-refractivity contribution is 9.11. The first-order valence-electron chi connectivity index (χ1n) is 8.61. The Bertz CT molecular complexity index is 1160. The van der Waals surface area contributed by atoms with Crippen LogP contribution in [0.3, 0.4) is 0 Å². The van der Waals surface area contributed by atoms with Gasteiger partial charge in [0.1, 0.15) is 17.3 Å². The number of anilines is 2. The second kappa shape index (κ2) is 8.42. The smallest absolute Gasteiger partial charge is 0.248 e. The maximum atomic E-state index is 11.4. The van der Waals surface area contributed by atoms with E-state index in [0.717, 1.165) is 15.2 Å². The molecule has 0 aliphatic carbocycles. The number of nitrogens with one attached hydrogen (secondary N) is 1. The summed E-state index contributed by atoms with van der Waals surface area (Å²) in [7, 11) is 0. The monoisotopic (exact) mass is 466 g/mol. The molecule has 3 N–H and O–H groups in total. The van der Waals surface area contributed by atoms with E-state index >= 15 is 0 Å². The Morgan fingerprint density at radius 3 is 2.69 bits per heavy atom. The molecule has 0 radical (unpaired) electrons. The molecule has 0 bridgehead atoms. The van der Waals surface area contributed by atoms with Crippen LogP contribution in [0.5, 0.6) is 10.8 Å². The highest BCUT2D eigenvalue weighted by Gasteiger charge is 2.14. The standard InChI is InChI=1S/C21H15BrN4O2S/c22-21-26-18(13-5-2-1-3-6-13)20(29-21)28-16-9-10-24-17(12-16)25-15-8-4-7-14(11-15)19(23)27/h1-12H,(H2,23,27)(H,24,25). The summed E-state index contributed by atoms with van der Waals surface area (Å²) < 4.78 is 6.83. The van der Waals surface area contributed by atoms with Crippen LogP contribution in [0.15, 0.2) is 76.8 Å². The Kier molecular flexibility index (Phi) is 5.55. The average molecular weight is 467 g/mol. The Morgan fingerprint density at radius 1 is 1.07 bits per heavy atom. The van der Waals surface area contributed by atoms with Crippen LogP contribution >= 0.6 is 27.3 Å². The lowest BCUT2D eigenvalue weighted by Crippen LogP contribution is -2.10. The van der Waals surface area contributed by atoms with Crippen LogP contribution < -0.4 is 15.8 Å². The number of hydrogen-bond donors (Lipinski definition) is 2. The second-order valence-corrected chi connectivity index (χ2v) is 8.26. The summed E-state index contributed by atoms with van der Waals surface area (Å²) >= 11 is 4.85. The zero-order valence-electron chi connectivity index (χ0n) is 15.0. The maximum absolute atomic E-state index is 11.4. The van der Waals surface area contributed by atoms with Crippen molar-refractivity contribution >= 4 is 44.7 Å². The fourth-order valence-corrected chi connectivity index (χ4v) is 3.98. The van der Waals surface area contributed by atoms with Crippen molar-refractivity contribution in [1.82, 2.24) is 9.97 Å². The summed E-state index contributed by atoms with van der Waals surface area (Å²) in [5.41, 5.74) is 8.20. The number of ether oxygens (including phenoxy) is 1. The molecule has 0 fully saturated rings. The van der Waals surface area contributed by atoms with Gasteiger partial charge in [0.25, 0.3) is 0 Å². The lowest BCUT2D eigenvalue weighted by atomic mass is 10.2. The molecule has 0 saturated carbocycles. The fraction of sp³-hybridized carbons (Fsp3) is 0. The Balaban J connectivity index is 1.58. The molecule has 0 aliphatic rings. The van der Waals surface area contributed by atoms with Crippen LogP contribution in [0, 0.1) is 0 Å². The van der Waals surface area contributed by atoms with Crippen LogP contribution in [0.2, 0.25) is 0 Å². The molecule has 2 aromatic carbocycles. The predicted molar refractivity (Wildman–Crippen MR) is 118 cm³/mol. The predicted octanol–water partition coefficient (Wildman–Crippen LogP) is 5.60. The van der Waals surface area contributed by atoms with Gasteiger partial charge in [-0.1, -0.05) is 47.7 Å². The van der Waals surface area contributed by atoms with E-state index in [1.54, 1.807) is 36.5 Å². The van der Waals surface area contributed by atoms with Crippen molar-refractivity contribution in [3.8, 4) is 22.1 Å². The molecule has 29 heavy (non-hydrogen) atoms. The number of thiazole rings is 1. The molecule has 0 aliphatic heterocycles. The lowest BCUT2D eigenvalue weighted by molar-refractivity contribution is 0.100. The normalized spacial score (nSPS) is 10.5. The third kappa shape index (κ3) is 4.61. The van der Waals surface area contributed by atoms with Gasteiger partial charge in [-0.25, -0.2) is 9.97 Å². The van der Waals surface area contributed by atoms with Crippen molar-refractivity contribution < 1.29 is 9.53 Å². The van der Waals surface area contributed by atoms with Gasteiger partial charge in [0, 0.05) is 29.1 Å². The number of carbonyl (C=O) groups is 1. The molecule has 0 spiro atoms. The van der Waals surface area contributed by atoms with E-state index in [4.69, 9.17) is 10.5 Å². The van der Waals surface area contributed by atoms with E-state index in [1.165, 1.54) is 11.3 Å². The molecule has 4 rings (SSSR count). The van der Waals surface area contributed by atoms with E-state index in [1.807, 2.05) is 36.4 Å². The number of nitrogens with two attached hydrogens (primary N) is 1. The first-order valence-corrected chi connectivity index (χ1v) is 10.2. The van der Waals surface area contributed by atoms with Crippen LogP contribution in [-0.2, 0) is 0 Å². The van der Waals surface area contributed by atoms with Gasteiger partial charge in [-0.3, -0.25) is 4.79 Å². The van der Waals surface area contributed by atoms with Gasteiger partial charge in [-0.15, -0.1) is 0 Å². The van der Waals surface area contributed by atoms with E-state index in [9.17, 15) is 4.79 Å². The molecule has 0 atom stereocenters. The summed E-state index contributed by atoms with van der Waals surface area (Å²) in [4.78, 5) is 20.2. The number of primary amides is 1. The van der Waals surface area contributed by atoms with Crippen molar-refractivity contribution in [3.63, 3.8) is 0 Å². The van der Waals surface area contributed by atoms with Crippen molar-refractivity contribution in [1.29, 1.82) is 0 Å². The number of amides is 1. The number of rotatable bonds is 6. The van der Waals surface area contributed by atoms with Gasteiger partial charge in [0.05, 0.1) is 0 Å². The van der Waals surface area contributed by atoms with Gasteiger partial charge in [-0.2, -0.15) is 0 Å². The molecular weight excluding hydrogens is 452 g/mol. The largest absolute Gasteiger partial charge is 0.444 e. The van der Waals surface area contributed by atoms with E-state index in [-0.39, 0.29) is 0 Å². The fourth-order valence-electron chi connectivity index (χ4n) is 2.68. The highest BCUT2D eigenvalue weighted by Crippen LogP contribution is 2.40. The minimum absolute atomic E-state index is 0.421. The van der Waals surface area contributed by atoms with Crippen molar-refractivity contribution in [2.45, 2.75) is 0 Å². The number of hydrogen-bond acceptors (Lipinski definition) is 6. The minimum atomic E-state index is -0.483. The number of aromatic nitrogens is 2. The van der Waals surface area contributed by atoms with Crippen LogP contribution in [0.4, 0.5) is 11.5 Å². The van der Waals surface area contributed by atoms with Crippen LogP contribution in [-0.4, -0.2) is 15.9 Å². The highest BCUT2D eigenvalue weighted by atomic mass is 79.9. The van der Waals surface area contributed by atoms with Gasteiger partial charge >= 0.3 is 0 Å². The Labute approximate surface area is 179 Å². The summed E-state index contributed by atoms with van der Waals surface area (Å²) in [6.07, 6.45) is 1.65. The van der Waals surface area contributed by atoms with Crippen molar-refractivity contribution in [2.75, 3.05) is 5.32 Å². The SMILES string of the molecule is NC(=O)c1cccc(Nc2cc(Oc3sc(Br)nc3-c3ccccc3)ccn2)c1. The van der Waals surface area contributed by atoms with Gasteiger partial charge in [-0.05, 0) is 40.2 Å². The summed E-state index contributed by atoms with van der Waals surface area (Å²) in [6.45, 7) is 0. The topological polar surface area (TPSA) is 90.1 Å². The van der Waals surface area contributed by atoms with Crippen molar-refractivity contribution in [3.05, 3.63) is 82.4 Å². The zero-order valence-corrected chi connectivity index (χ0v) is 17.4. The number of halogens is 1. The molecule has 0 unspecified atom stereocenters. The van der Waals surface area contributed by atoms with Crippen LogP contribution in [0.1, 0.15) is 10.4 Å². The molecule has 2 heterocycles. The second-order valence-electron chi connectivity index (χ2n) is 6.02. The minimum Gasteiger partial charge on any atom is -0.444 e. The number of nitrogens with zero attached hydrogens (tertiary/aromatic N) is 2. The average Bonchev–Trinajstić information content (AvgIpc) is 3.09. The Hall–Kier alpha value is -3.23. The number of pyridine rings is 1. The summed E-state index contributed by atoms with van der Waals surface area (Å²) in [6, 6.07) is 20.3. The molecule has 1 amide bonds. The summed E-state index contributed by atoms with van der Waals surface area (Å²) in [5, 5.41) is 3.83.